The van der Waals surface area contributed by atoms with Crippen LogP contribution in [0.4, 0.5) is 0 Å². The molecule has 1 aromatic carbocycles. The molecule has 8 heteroatoms. The van der Waals surface area contributed by atoms with Gasteiger partial charge in [-0.3, -0.25) is 29.0 Å². The lowest BCUT2D eigenvalue weighted by Gasteiger charge is -2.44. The lowest BCUT2D eigenvalue weighted by molar-refractivity contribution is -0.141. The van der Waals surface area contributed by atoms with E-state index in [1.54, 1.807) is 32.0 Å². The average Bonchev–Trinajstić information content (AvgIpc) is 3.17. The highest BCUT2D eigenvalue weighted by molar-refractivity contribution is 9.10. The molecule has 6 unspecified atom stereocenters. The van der Waals surface area contributed by atoms with Crippen LogP contribution in [0, 0.1) is 29.6 Å². The van der Waals surface area contributed by atoms with Gasteiger partial charge in [0.15, 0.2) is 0 Å². The van der Waals surface area contributed by atoms with Crippen molar-refractivity contribution in [2.24, 2.45) is 29.6 Å². The fraction of sp³-hybridized carbons (Fsp3) is 0.500. The number of amides is 4. The lowest BCUT2D eigenvalue weighted by Crippen LogP contribution is -2.43. The number of hydrogen-bond donors (Lipinski definition) is 1. The highest BCUT2D eigenvalue weighted by atomic mass is 79.9. The van der Waals surface area contributed by atoms with E-state index in [2.05, 4.69) is 15.9 Å². The van der Waals surface area contributed by atoms with Crippen LogP contribution >= 0.6 is 15.9 Å². The van der Waals surface area contributed by atoms with Crippen molar-refractivity contribution in [3.8, 4) is 5.75 Å². The first-order chi connectivity index (χ1) is 15.3. The fourth-order valence-electron chi connectivity index (χ4n) is 6.46. The van der Waals surface area contributed by atoms with Gasteiger partial charge in [-0.2, -0.15) is 0 Å². The van der Waals surface area contributed by atoms with Crippen LogP contribution in [-0.4, -0.2) is 51.6 Å². The van der Waals surface area contributed by atoms with Crippen LogP contribution in [0.1, 0.15) is 38.2 Å². The van der Waals surface area contributed by atoms with Crippen molar-refractivity contribution in [3.63, 3.8) is 0 Å². The molecule has 2 saturated heterocycles. The summed E-state index contributed by atoms with van der Waals surface area (Å²) in [7, 11) is 0. The maximum Gasteiger partial charge on any atom is 0.234 e. The van der Waals surface area contributed by atoms with E-state index >= 15 is 0 Å². The molecular weight excluding hydrogens is 476 g/mol. The summed E-state index contributed by atoms with van der Waals surface area (Å²) in [6.07, 6.45) is 2.80. The van der Waals surface area contributed by atoms with E-state index in [1.807, 2.05) is 6.08 Å². The minimum Gasteiger partial charge on any atom is -0.508 e. The molecule has 0 aromatic heterocycles. The number of imide groups is 2. The van der Waals surface area contributed by atoms with Gasteiger partial charge in [0.2, 0.25) is 23.6 Å². The quantitative estimate of drug-likeness (QED) is 0.508. The third-order valence-electron chi connectivity index (χ3n) is 7.79. The minimum atomic E-state index is -0.615. The number of allylic oxidation sites excluding steroid dienone is 2. The van der Waals surface area contributed by atoms with E-state index < -0.39 is 29.6 Å². The van der Waals surface area contributed by atoms with Crippen LogP contribution in [0.5, 0.6) is 5.75 Å². The summed E-state index contributed by atoms with van der Waals surface area (Å²) < 4.78 is 0.756. The number of aromatic hydroxyl groups is 1. The predicted octanol–water partition coefficient (Wildman–Crippen LogP) is 2.83. The number of fused-ring (bicyclic) bond motifs is 4. The van der Waals surface area contributed by atoms with E-state index in [0.29, 0.717) is 31.5 Å². The number of carbonyl (C=O) groups is 4. The van der Waals surface area contributed by atoms with E-state index in [-0.39, 0.29) is 35.3 Å². The maximum atomic E-state index is 13.3. The molecule has 1 aromatic rings. The van der Waals surface area contributed by atoms with Crippen LogP contribution in [0.3, 0.4) is 0 Å². The highest BCUT2D eigenvalue weighted by Gasteiger charge is 2.61. The molecule has 168 valence electrons. The molecule has 2 aliphatic heterocycles. The van der Waals surface area contributed by atoms with E-state index in [9.17, 15) is 24.3 Å². The van der Waals surface area contributed by atoms with E-state index in [4.69, 9.17) is 0 Å². The van der Waals surface area contributed by atoms with Crippen molar-refractivity contribution < 1.29 is 24.3 Å². The van der Waals surface area contributed by atoms with Gasteiger partial charge in [0.1, 0.15) is 5.75 Å². The van der Waals surface area contributed by atoms with E-state index in [0.717, 1.165) is 10.0 Å². The van der Waals surface area contributed by atoms with Crippen molar-refractivity contribution in [1.29, 1.82) is 0 Å². The van der Waals surface area contributed by atoms with Crippen molar-refractivity contribution >= 4 is 39.6 Å². The Kier molecular flexibility index (Phi) is 5.04. The molecule has 2 aliphatic carbocycles. The summed E-state index contributed by atoms with van der Waals surface area (Å²) in [6, 6.07) is 5.09. The molecule has 6 atom stereocenters. The van der Waals surface area contributed by atoms with Gasteiger partial charge in [0, 0.05) is 29.0 Å². The maximum absolute atomic E-state index is 13.3. The molecule has 0 bridgehead atoms. The monoisotopic (exact) mass is 500 g/mol. The van der Waals surface area contributed by atoms with Crippen molar-refractivity contribution in [2.45, 2.75) is 32.6 Å². The Morgan fingerprint density at radius 3 is 2.19 bits per heavy atom. The van der Waals surface area contributed by atoms with Gasteiger partial charge in [-0.25, -0.2) is 0 Å². The lowest BCUT2D eigenvalue weighted by atomic mass is 9.57. The zero-order chi connectivity index (χ0) is 22.9. The zero-order valence-corrected chi connectivity index (χ0v) is 19.5. The van der Waals surface area contributed by atoms with E-state index in [1.165, 1.54) is 9.80 Å². The van der Waals surface area contributed by atoms with Crippen LogP contribution < -0.4 is 0 Å². The number of carbonyl (C=O) groups excluding carboxylic acids is 4. The number of likely N-dealkylation sites (tertiary alicyclic amines) is 2. The largest absolute Gasteiger partial charge is 0.508 e. The summed E-state index contributed by atoms with van der Waals surface area (Å²) in [5.41, 5.74) is 1.48. The number of rotatable bonds is 3. The molecule has 1 saturated carbocycles. The first-order valence-electron chi connectivity index (χ1n) is 11.2. The molecule has 32 heavy (non-hydrogen) atoms. The van der Waals surface area contributed by atoms with Crippen LogP contribution in [-0.2, 0) is 19.2 Å². The second-order valence-corrected chi connectivity index (χ2v) is 9.98. The van der Waals surface area contributed by atoms with Crippen LogP contribution in [0.2, 0.25) is 0 Å². The molecule has 1 N–H and O–H groups in total. The Morgan fingerprint density at radius 2 is 1.53 bits per heavy atom. The van der Waals surface area contributed by atoms with Crippen molar-refractivity contribution in [2.75, 3.05) is 13.1 Å². The summed E-state index contributed by atoms with van der Waals surface area (Å²) in [4.78, 5) is 55.2. The smallest absolute Gasteiger partial charge is 0.234 e. The Hall–Kier alpha value is -2.48. The number of phenolic OH excluding ortho intramolecular Hbond substituents is 1. The number of nitrogens with zero attached hydrogens (tertiary/aromatic N) is 2. The average molecular weight is 501 g/mol. The molecule has 2 heterocycles. The number of phenols is 1. The topological polar surface area (TPSA) is 95.0 Å². The first kappa shape index (κ1) is 21.4. The zero-order valence-electron chi connectivity index (χ0n) is 18.0. The second kappa shape index (κ2) is 7.54. The van der Waals surface area contributed by atoms with Crippen LogP contribution in [0.15, 0.2) is 34.3 Å². The minimum absolute atomic E-state index is 0.0554. The molecule has 7 nitrogen and oxygen atoms in total. The summed E-state index contributed by atoms with van der Waals surface area (Å²) in [6.45, 7) is 4.19. The molecule has 0 radical (unpaired) electrons. The Bertz CT molecular complexity index is 1080. The van der Waals surface area contributed by atoms with Crippen molar-refractivity contribution in [3.05, 3.63) is 39.9 Å². The number of halogens is 1. The van der Waals surface area contributed by atoms with Gasteiger partial charge in [-0.05, 0) is 50.8 Å². The molecule has 3 fully saturated rings. The second-order valence-electron chi connectivity index (χ2n) is 9.07. The molecule has 0 spiro atoms. The third-order valence-corrected chi connectivity index (χ3v) is 8.28. The molecule has 4 amide bonds. The fourth-order valence-corrected chi connectivity index (χ4v) is 6.84. The summed E-state index contributed by atoms with van der Waals surface area (Å²) in [5.74, 6) is -3.64. The third kappa shape index (κ3) is 2.77. The van der Waals surface area contributed by atoms with Gasteiger partial charge < -0.3 is 5.11 Å². The predicted molar refractivity (Wildman–Crippen MR) is 118 cm³/mol. The van der Waals surface area contributed by atoms with Gasteiger partial charge in [-0.15, -0.1) is 0 Å². The standard InChI is InChI=1S/C24H25BrN2O5/c1-3-26-21(29)13-7-6-12-14(19(13)23(26)31)10-16-20(24(32)27(4-2)22(16)30)18(12)15-9-11(25)5-8-17(15)28/h5-6,8-9,13-14,16,18-20,28H,3-4,7,10H2,1-2H3. The Labute approximate surface area is 194 Å². The molecular formula is C24H25BrN2O5. The van der Waals surface area contributed by atoms with Gasteiger partial charge in [-0.1, -0.05) is 27.6 Å². The van der Waals surface area contributed by atoms with Crippen molar-refractivity contribution in [1.82, 2.24) is 9.80 Å². The number of benzene rings is 1. The SMILES string of the molecule is CCN1C(=O)C2CC=C3C(CC4C(=O)N(CC)C(=O)C4C3c3cc(Br)ccc3O)C2C1=O. The van der Waals surface area contributed by atoms with Gasteiger partial charge >= 0.3 is 0 Å². The summed E-state index contributed by atoms with van der Waals surface area (Å²) in [5, 5.41) is 10.7. The normalized spacial score (nSPS) is 33.9. The van der Waals surface area contributed by atoms with Crippen LogP contribution in [0.25, 0.3) is 0 Å². The Balaban J connectivity index is 1.67. The Morgan fingerprint density at radius 1 is 0.906 bits per heavy atom. The molecule has 5 rings (SSSR count). The van der Waals surface area contributed by atoms with Gasteiger partial charge in [0.05, 0.1) is 23.7 Å². The van der Waals surface area contributed by atoms with Gasteiger partial charge in [0.25, 0.3) is 0 Å². The highest BCUT2D eigenvalue weighted by Crippen LogP contribution is 2.58. The molecule has 4 aliphatic rings. The first-order valence-corrected chi connectivity index (χ1v) is 12.0. The summed E-state index contributed by atoms with van der Waals surface area (Å²) >= 11 is 3.46. The number of hydrogen-bond acceptors (Lipinski definition) is 5.